The molecular weight excluding hydrogens is 557 g/mol. The van der Waals surface area contributed by atoms with Crippen LogP contribution in [-0.2, 0) is 9.53 Å². The van der Waals surface area contributed by atoms with Gasteiger partial charge in [-0.05, 0) is 92.2 Å². The Morgan fingerprint density at radius 1 is 1.12 bits per heavy atom. The Labute approximate surface area is 241 Å². The predicted molar refractivity (Wildman–Crippen MR) is 145 cm³/mol. The third kappa shape index (κ3) is 4.83. The smallest absolute Gasteiger partial charge is 0.436 e. The summed E-state index contributed by atoms with van der Waals surface area (Å²) in [5.41, 5.74) is -0.653. The number of amides is 1. The zero-order valence-corrected chi connectivity index (χ0v) is 23.5. The van der Waals surface area contributed by atoms with E-state index in [1.165, 1.54) is 6.92 Å². The Kier molecular flexibility index (Phi) is 7.80. The fourth-order valence-electron chi connectivity index (χ4n) is 7.95. The summed E-state index contributed by atoms with van der Waals surface area (Å²) in [6.07, 6.45) is -3.56. The van der Waals surface area contributed by atoms with Gasteiger partial charge in [0.15, 0.2) is 12.4 Å². The fourth-order valence-corrected chi connectivity index (χ4v) is 7.95. The second-order valence-corrected chi connectivity index (χ2v) is 12.0. The number of carbonyl (C=O) groups is 2. The molecule has 2 N–H and O–H groups in total. The first-order valence-electron chi connectivity index (χ1n) is 14.4. The number of aliphatic hydroxyl groups is 1. The molecule has 0 aliphatic heterocycles. The minimum Gasteiger partial charge on any atom is -0.436 e. The van der Waals surface area contributed by atoms with Crippen molar-refractivity contribution in [1.82, 2.24) is 5.32 Å². The van der Waals surface area contributed by atoms with Crippen LogP contribution >= 0.6 is 0 Å². The molecule has 10 heteroatoms. The molecule has 5 atom stereocenters. The first-order valence-corrected chi connectivity index (χ1v) is 14.4. The van der Waals surface area contributed by atoms with Crippen LogP contribution in [0.3, 0.4) is 0 Å². The van der Waals surface area contributed by atoms with Gasteiger partial charge in [-0.25, -0.2) is 4.79 Å². The molecule has 0 spiro atoms. The molecule has 0 aromatic heterocycles. The van der Waals surface area contributed by atoms with E-state index in [1.807, 2.05) is 0 Å². The Balaban J connectivity index is 1.54. The van der Waals surface area contributed by atoms with Gasteiger partial charge in [0.05, 0.1) is 0 Å². The number of nitrogens with one attached hydrogen (secondary N) is 1. The maximum atomic E-state index is 15.1. The van der Waals surface area contributed by atoms with E-state index < -0.39 is 47.5 Å². The van der Waals surface area contributed by atoms with Crippen molar-refractivity contribution in [3.05, 3.63) is 58.2 Å². The van der Waals surface area contributed by atoms with Crippen LogP contribution < -0.4 is 5.32 Å². The number of benzene rings is 1. The van der Waals surface area contributed by atoms with Crippen LogP contribution in [0.4, 0.5) is 26.7 Å². The summed E-state index contributed by atoms with van der Waals surface area (Å²) < 4.78 is 76.3. The third-order valence-corrected chi connectivity index (χ3v) is 9.90. The third-order valence-electron chi connectivity index (χ3n) is 9.90. The van der Waals surface area contributed by atoms with E-state index in [9.17, 15) is 27.9 Å². The fraction of sp³-hybridized carbons (Fsp3) is 0.562. The SMILES string of the molecule is CCNC(=O)OCC#Cc1ccc([C@H]2C[C@@]3(C)C(CC[C@@]3(O)C(F)(F)C(F)(F)F)C3CCC4=CC(=O)CCC4=C32)cc1. The molecule has 0 bridgehead atoms. The minimum absolute atomic E-state index is 0.0316. The van der Waals surface area contributed by atoms with Crippen LogP contribution in [0, 0.1) is 29.1 Å². The van der Waals surface area contributed by atoms with Gasteiger partial charge in [-0.15, -0.1) is 0 Å². The second-order valence-electron chi connectivity index (χ2n) is 12.0. The van der Waals surface area contributed by atoms with Crippen LogP contribution in [0.5, 0.6) is 0 Å². The zero-order chi connectivity index (χ0) is 30.5. The van der Waals surface area contributed by atoms with Gasteiger partial charge >= 0.3 is 18.2 Å². The van der Waals surface area contributed by atoms with Gasteiger partial charge in [0.2, 0.25) is 0 Å². The van der Waals surface area contributed by atoms with Crippen LogP contribution in [0.15, 0.2) is 47.1 Å². The summed E-state index contributed by atoms with van der Waals surface area (Å²) in [6, 6.07) is 7.04. The van der Waals surface area contributed by atoms with E-state index in [0.29, 0.717) is 37.8 Å². The first-order chi connectivity index (χ1) is 19.7. The largest absolute Gasteiger partial charge is 0.456 e. The van der Waals surface area contributed by atoms with Crippen molar-refractivity contribution in [3.63, 3.8) is 0 Å². The van der Waals surface area contributed by atoms with E-state index in [0.717, 1.165) is 22.3 Å². The van der Waals surface area contributed by atoms with Gasteiger partial charge in [0.1, 0.15) is 5.60 Å². The molecule has 2 fully saturated rings. The molecule has 1 aromatic rings. The minimum atomic E-state index is -5.89. The van der Waals surface area contributed by atoms with Crippen molar-refractivity contribution in [3.8, 4) is 11.8 Å². The highest BCUT2D eigenvalue weighted by atomic mass is 19.4. The molecule has 5 nitrogen and oxygen atoms in total. The number of hydrogen-bond donors (Lipinski definition) is 2. The molecule has 1 amide bonds. The Hall–Kier alpha value is -3.19. The van der Waals surface area contributed by atoms with Crippen LogP contribution in [0.2, 0.25) is 0 Å². The molecule has 4 aliphatic rings. The lowest BCUT2D eigenvalue weighted by molar-refractivity contribution is -0.362. The lowest BCUT2D eigenvalue weighted by Crippen LogP contribution is -2.65. The van der Waals surface area contributed by atoms with E-state index >= 15 is 8.78 Å². The lowest BCUT2D eigenvalue weighted by Gasteiger charge is -2.56. The van der Waals surface area contributed by atoms with Crippen molar-refractivity contribution < 1.29 is 41.4 Å². The topological polar surface area (TPSA) is 75.6 Å². The van der Waals surface area contributed by atoms with Gasteiger partial charge in [-0.2, -0.15) is 22.0 Å². The number of allylic oxidation sites excluding steroid dienone is 4. The standard InChI is InChI=1S/C32H34F5NO4/c1-3-38-28(40)42-16-4-5-19-6-8-20(9-7-19)25-18-29(2)26(14-15-30(29,41)31(33,34)32(35,36)37)24-12-10-21-17-22(39)11-13-23(21)27(24)25/h6-9,17,24-26,41H,3,10-16,18H2,1-2H3,(H,38,40)/t24?,25-,26?,29+,30+/m1/s1. The number of fused-ring (bicyclic) bond motifs is 4. The Bertz CT molecular complexity index is 1390. The number of hydrogen-bond acceptors (Lipinski definition) is 4. The number of alkyl halides is 5. The summed E-state index contributed by atoms with van der Waals surface area (Å²) >= 11 is 0. The van der Waals surface area contributed by atoms with E-state index in [2.05, 4.69) is 17.2 Å². The molecule has 4 aliphatic carbocycles. The van der Waals surface area contributed by atoms with Gasteiger partial charge in [0, 0.05) is 29.9 Å². The summed E-state index contributed by atoms with van der Waals surface area (Å²) in [5, 5.41) is 13.9. The number of halogens is 5. The summed E-state index contributed by atoms with van der Waals surface area (Å²) in [6.45, 7) is 3.47. The summed E-state index contributed by atoms with van der Waals surface area (Å²) in [7, 11) is 0. The quantitative estimate of drug-likeness (QED) is 0.305. The van der Waals surface area contributed by atoms with Crippen LogP contribution in [0.25, 0.3) is 0 Å². The average Bonchev–Trinajstić information content (AvgIpc) is 3.21. The lowest BCUT2D eigenvalue weighted by atomic mass is 9.50. The van der Waals surface area contributed by atoms with Crippen molar-refractivity contribution in [2.45, 2.75) is 82.4 Å². The van der Waals surface area contributed by atoms with Crippen molar-refractivity contribution in [1.29, 1.82) is 0 Å². The molecule has 0 saturated heterocycles. The maximum absolute atomic E-state index is 15.1. The molecule has 2 unspecified atom stereocenters. The second kappa shape index (κ2) is 10.8. The van der Waals surface area contributed by atoms with Crippen molar-refractivity contribution >= 4 is 11.9 Å². The maximum Gasteiger partial charge on any atom is 0.456 e. The molecular formula is C32H34F5NO4. The number of rotatable bonds is 4. The molecule has 226 valence electrons. The average molecular weight is 592 g/mol. The Morgan fingerprint density at radius 2 is 1.83 bits per heavy atom. The normalized spacial score (nSPS) is 30.8. The summed E-state index contributed by atoms with van der Waals surface area (Å²) in [4.78, 5) is 23.6. The number of carbonyl (C=O) groups excluding carboxylic acids is 2. The van der Waals surface area contributed by atoms with Gasteiger partial charge < -0.3 is 15.2 Å². The number of alkyl carbamates (subject to hydrolysis) is 1. The first kappa shape index (κ1) is 30.3. The van der Waals surface area contributed by atoms with Gasteiger partial charge in [-0.1, -0.05) is 36.5 Å². The van der Waals surface area contributed by atoms with Gasteiger partial charge in [-0.3, -0.25) is 4.79 Å². The molecule has 5 rings (SSSR count). The monoisotopic (exact) mass is 591 g/mol. The van der Waals surface area contributed by atoms with Crippen LogP contribution in [0.1, 0.15) is 75.8 Å². The van der Waals surface area contributed by atoms with Gasteiger partial charge in [0.25, 0.3) is 0 Å². The van der Waals surface area contributed by atoms with Crippen LogP contribution in [-0.4, -0.2) is 47.8 Å². The van der Waals surface area contributed by atoms with E-state index in [-0.39, 0.29) is 31.1 Å². The highest BCUT2D eigenvalue weighted by molar-refractivity contribution is 5.93. The zero-order valence-electron chi connectivity index (χ0n) is 23.5. The summed E-state index contributed by atoms with van der Waals surface area (Å²) in [5.74, 6) is -0.942. The highest BCUT2D eigenvalue weighted by Gasteiger charge is 2.79. The van der Waals surface area contributed by atoms with E-state index in [4.69, 9.17) is 4.74 Å². The molecule has 1 aromatic carbocycles. The number of ether oxygens (including phenoxy) is 1. The molecule has 0 radical (unpaired) electrons. The predicted octanol–water partition coefficient (Wildman–Crippen LogP) is 6.61. The van der Waals surface area contributed by atoms with Crippen molar-refractivity contribution in [2.75, 3.05) is 13.2 Å². The van der Waals surface area contributed by atoms with E-state index in [1.54, 1.807) is 37.3 Å². The molecule has 2 saturated carbocycles. The number of ketones is 1. The molecule has 0 heterocycles. The Morgan fingerprint density at radius 3 is 2.50 bits per heavy atom. The molecule has 42 heavy (non-hydrogen) atoms. The highest BCUT2D eigenvalue weighted by Crippen LogP contribution is 2.70. The van der Waals surface area contributed by atoms with Crippen molar-refractivity contribution in [2.24, 2.45) is 17.3 Å².